The highest BCUT2D eigenvalue weighted by Crippen LogP contribution is 2.47. The van der Waals surface area contributed by atoms with Gasteiger partial charge in [0.05, 0.1) is 16.1 Å². The van der Waals surface area contributed by atoms with E-state index in [1.165, 1.54) is 64.6 Å². The van der Waals surface area contributed by atoms with E-state index >= 15 is 0 Å². The van der Waals surface area contributed by atoms with Crippen LogP contribution in [0, 0.1) is 5.92 Å². The molecule has 0 aliphatic carbocycles. The molecule has 0 amide bonds. The molecule has 0 atom stereocenters. The number of anilines is 4. The number of nitrogens with zero attached hydrogens (tertiary/aromatic N) is 4. The quantitative estimate of drug-likeness (QED) is 0.132. The van der Waals surface area contributed by atoms with Gasteiger partial charge in [-0.1, -0.05) is 91.5 Å². The van der Waals surface area contributed by atoms with Crippen LogP contribution < -0.4 is 14.4 Å². The number of benzene rings is 5. The second-order valence-electron chi connectivity index (χ2n) is 14.1. The molecule has 52 heavy (non-hydrogen) atoms. The highest BCUT2D eigenvalue weighted by Gasteiger charge is 2.26. The van der Waals surface area contributed by atoms with Crippen molar-refractivity contribution in [1.82, 2.24) is 4.90 Å². The first-order chi connectivity index (χ1) is 25.6. The summed E-state index contributed by atoms with van der Waals surface area (Å²) >= 11 is 1.90. The number of pyridine rings is 1. The predicted molar refractivity (Wildman–Crippen MR) is 222 cm³/mol. The Balaban J connectivity index is 1.08. The molecule has 2 aliphatic rings. The SMILES string of the molecule is CC1CCN(CCCN2/C(=C/c3cc(/C=C/c4ccc(N(c5ccccc5)c5ccccc5)cc4)[n+](C)c4ccccc34)Sc3ccccc32)CC1. The third-order valence-corrected chi connectivity index (χ3v) is 11.7. The van der Waals surface area contributed by atoms with Crippen LogP contribution in [0.1, 0.15) is 43.0 Å². The number of fused-ring (bicyclic) bond motifs is 2. The predicted octanol–water partition coefficient (Wildman–Crippen LogP) is 11.3. The molecule has 8 rings (SSSR count). The molecule has 0 saturated carbocycles. The number of rotatable bonds is 10. The third-order valence-electron chi connectivity index (χ3n) is 10.5. The molecule has 260 valence electrons. The zero-order chi connectivity index (χ0) is 35.3. The fourth-order valence-corrected chi connectivity index (χ4v) is 8.68. The molecule has 5 heteroatoms. The van der Waals surface area contributed by atoms with Crippen molar-refractivity contribution in [2.45, 2.75) is 31.1 Å². The van der Waals surface area contributed by atoms with Crippen molar-refractivity contribution in [2.24, 2.45) is 13.0 Å². The molecule has 0 bridgehead atoms. The lowest BCUT2D eigenvalue weighted by molar-refractivity contribution is -0.646. The van der Waals surface area contributed by atoms with Crippen LogP contribution in [0.15, 0.2) is 149 Å². The molecular weight excluding hydrogens is 653 g/mol. The fourth-order valence-electron chi connectivity index (χ4n) is 7.54. The lowest BCUT2D eigenvalue weighted by Crippen LogP contribution is -2.35. The lowest BCUT2D eigenvalue weighted by atomic mass is 9.99. The summed E-state index contributed by atoms with van der Waals surface area (Å²) in [6.45, 7) is 7.06. The molecule has 6 aromatic rings. The van der Waals surface area contributed by atoms with Crippen molar-refractivity contribution in [2.75, 3.05) is 36.0 Å². The number of piperidine rings is 1. The van der Waals surface area contributed by atoms with Gasteiger partial charge in [-0.05, 0) is 123 Å². The van der Waals surface area contributed by atoms with Crippen molar-refractivity contribution >= 4 is 63.6 Å². The summed E-state index contributed by atoms with van der Waals surface area (Å²) in [7, 11) is 2.17. The van der Waals surface area contributed by atoms with Gasteiger partial charge in [0.25, 0.3) is 0 Å². The van der Waals surface area contributed by atoms with E-state index < -0.39 is 0 Å². The minimum atomic E-state index is 0.867. The van der Waals surface area contributed by atoms with Gasteiger partial charge in [-0.3, -0.25) is 0 Å². The third kappa shape index (κ3) is 7.43. The van der Waals surface area contributed by atoms with Crippen LogP contribution in [0.3, 0.4) is 0 Å². The van der Waals surface area contributed by atoms with E-state index in [-0.39, 0.29) is 0 Å². The monoisotopic (exact) mass is 699 g/mol. The van der Waals surface area contributed by atoms with Gasteiger partial charge in [-0.15, -0.1) is 0 Å². The van der Waals surface area contributed by atoms with E-state index in [1.807, 2.05) is 11.8 Å². The minimum absolute atomic E-state index is 0.867. The van der Waals surface area contributed by atoms with Crippen LogP contribution in [0.4, 0.5) is 22.7 Å². The smallest absolute Gasteiger partial charge is 0.213 e. The Labute approximate surface area is 313 Å². The number of hydrogen-bond acceptors (Lipinski definition) is 4. The van der Waals surface area contributed by atoms with Crippen molar-refractivity contribution in [3.63, 3.8) is 0 Å². The molecule has 0 radical (unpaired) electrons. The maximum atomic E-state index is 2.66. The normalized spacial score (nSPS) is 15.9. The topological polar surface area (TPSA) is 13.6 Å². The number of aryl methyl sites for hydroxylation is 1. The molecule has 1 fully saturated rings. The molecule has 1 aromatic heterocycles. The number of para-hydroxylation sites is 4. The number of thioether (sulfide) groups is 1. The number of aromatic nitrogens is 1. The standard InChI is InChI=1S/C47H47N4S/c1-36-28-32-49(33-29-36)30-13-31-50-45-20-11-12-21-46(45)52-47(50)35-38-34-42(48(2)44-19-10-9-18-43(38)44)27-24-37-22-25-41(26-23-37)51(39-14-5-3-6-15-39)40-16-7-4-8-17-40/h3-12,14-27,34-36H,13,28-33H2,1-2H3/q+1. The first-order valence-corrected chi connectivity index (χ1v) is 19.5. The largest absolute Gasteiger partial charge is 0.335 e. The van der Waals surface area contributed by atoms with Gasteiger partial charge in [-0.25, -0.2) is 0 Å². The first kappa shape index (κ1) is 34.0. The Hall–Kier alpha value is -5.10. The summed E-state index contributed by atoms with van der Waals surface area (Å²) in [4.78, 5) is 8.86. The zero-order valence-corrected chi connectivity index (χ0v) is 31.1. The molecule has 2 aliphatic heterocycles. The average molecular weight is 700 g/mol. The molecule has 0 N–H and O–H groups in total. The molecule has 4 nitrogen and oxygen atoms in total. The van der Waals surface area contributed by atoms with Gasteiger partial charge in [0.15, 0.2) is 0 Å². The van der Waals surface area contributed by atoms with E-state index in [2.05, 4.69) is 191 Å². The summed E-state index contributed by atoms with van der Waals surface area (Å²) in [5.41, 5.74) is 9.53. The van der Waals surface area contributed by atoms with Gasteiger partial charge in [0.2, 0.25) is 11.2 Å². The van der Waals surface area contributed by atoms with Gasteiger partial charge in [-0.2, -0.15) is 4.57 Å². The molecule has 0 unspecified atom stereocenters. The summed E-state index contributed by atoms with van der Waals surface area (Å²) < 4.78 is 2.31. The van der Waals surface area contributed by atoms with Crippen molar-refractivity contribution < 1.29 is 4.57 Å². The van der Waals surface area contributed by atoms with Gasteiger partial charge in [0, 0.05) is 46.7 Å². The van der Waals surface area contributed by atoms with Crippen LogP contribution >= 0.6 is 11.8 Å². The minimum Gasteiger partial charge on any atom is -0.335 e. The Bertz CT molecular complexity index is 2150. The second-order valence-corrected chi connectivity index (χ2v) is 15.2. The summed E-state index contributed by atoms with van der Waals surface area (Å²) in [5, 5.41) is 2.57. The van der Waals surface area contributed by atoms with Crippen LogP contribution in [-0.2, 0) is 7.05 Å². The van der Waals surface area contributed by atoms with E-state index in [1.54, 1.807) is 0 Å². The Morgan fingerprint density at radius 1 is 0.712 bits per heavy atom. The first-order valence-electron chi connectivity index (χ1n) is 18.7. The van der Waals surface area contributed by atoms with Crippen LogP contribution in [0.2, 0.25) is 0 Å². The second kappa shape index (κ2) is 15.6. The number of likely N-dealkylation sites (tertiary alicyclic amines) is 1. The lowest BCUT2D eigenvalue weighted by Gasteiger charge is -2.31. The van der Waals surface area contributed by atoms with Gasteiger partial charge < -0.3 is 14.7 Å². The molecule has 1 saturated heterocycles. The van der Waals surface area contributed by atoms with Gasteiger partial charge in [0.1, 0.15) is 7.05 Å². The Kier molecular flexibility index (Phi) is 10.2. The Morgan fingerprint density at radius 2 is 1.35 bits per heavy atom. The van der Waals surface area contributed by atoms with Crippen molar-refractivity contribution in [3.05, 3.63) is 161 Å². The van der Waals surface area contributed by atoms with Crippen LogP contribution in [0.5, 0.6) is 0 Å². The Morgan fingerprint density at radius 3 is 2.08 bits per heavy atom. The van der Waals surface area contributed by atoms with E-state index in [4.69, 9.17) is 0 Å². The van der Waals surface area contributed by atoms with Crippen molar-refractivity contribution in [3.8, 4) is 0 Å². The summed E-state index contributed by atoms with van der Waals surface area (Å²) in [6.07, 6.45) is 10.7. The highest BCUT2D eigenvalue weighted by molar-refractivity contribution is 8.03. The highest BCUT2D eigenvalue weighted by atomic mass is 32.2. The molecule has 5 aromatic carbocycles. The van der Waals surface area contributed by atoms with E-state index in [0.717, 1.165) is 47.2 Å². The van der Waals surface area contributed by atoms with Crippen molar-refractivity contribution in [1.29, 1.82) is 0 Å². The van der Waals surface area contributed by atoms with Crippen LogP contribution in [0.25, 0.3) is 29.1 Å². The number of hydrogen-bond donors (Lipinski definition) is 0. The maximum absolute atomic E-state index is 2.66. The zero-order valence-electron chi connectivity index (χ0n) is 30.2. The van der Waals surface area contributed by atoms with Gasteiger partial charge >= 0.3 is 0 Å². The van der Waals surface area contributed by atoms with Crippen LogP contribution in [-0.4, -0.2) is 31.1 Å². The average Bonchev–Trinajstić information content (AvgIpc) is 3.54. The fraction of sp³-hybridized carbons (Fsp3) is 0.213. The summed E-state index contributed by atoms with van der Waals surface area (Å²) in [6, 6.07) is 50.0. The molecule has 0 spiro atoms. The summed E-state index contributed by atoms with van der Waals surface area (Å²) in [5.74, 6) is 0.867. The molecular formula is C47H47N4S+. The maximum Gasteiger partial charge on any atom is 0.213 e. The van der Waals surface area contributed by atoms with E-state index in [9.17, 15) is 0 Å². The van der Waals surface area contributed by atoms with E-state index in [0.29, 0.717) is 0 Å². The molecule has 3 heterocycles.